The molecule has 0 N–H and O–H groups in total. The number of benzene rings is 2. The van der Waals surface area contributed by atoms with Crippen LogP contribution < -0.4 is 14.2 Å². The van der Waals surface area contributed by atoms with E-state index in [9.17, 15) is 13.2 Å². The molecule has 1 unspecified atom stereocenters. The molecule has 1 fully saturated rings. The fraction of sp³-hybridized carbons (Fsp3) is 0.348. The second kappa shape index (κ2) is 7.39. The second-order valence-electron chi connectivity index (χ2n) is 8.16. The molecule has 0 aromatic heterocycles. The SMILES string of the molecule is COc1cccc(/C=C2\Oc3c(cc4c(c3C)OCN(C3CCS(=O)(=O)C3)C4)C2=O)c1. The van der Waals surface area contributed by atoms with E-state index in [2.05, 4.69) is 0 Å². The predicted molar refractivity (Wildman–Crippen MR) is 115 cm³/mol. The van der Waals surface area contributed by atoms with Crippen molar-refractivity contribution in [1.29, 1.82) is 0 Å². The van der Waals surface area contributed by atoms with Crippen LogP contribution >= 0.6 is 0 Å². The molecule has 3 aliphatic rings. The van der Waals surface area contributed by atoms with E-state index in [0.29, 0.717) is 42.5 Å². The zero-order valence-corrected chi connectivity index (χ0v) is 18.2. The van der Waals surface area contributed by atoms with E-state index >= 15 is 0 Å². The number of allylic oxidation sites excluding steroid dienone is 1. The summed E-state index contributed by atoms with van der Waals surface area (Å²) < 4.78 is 40.9. The summed E-state index contributed by atoms with van der Waals surface area (Å²) in [5.74, 6) is 2.39. The van der Waals surface area contributed by atoms with Gasteiger partial charge in [0.05, 0.1) is 24.2 Å². The highest BCUT2D eigenvalue weighted by Gasteiger charge is 2.37. The fourth-order valence-electron chi connectivity index (χ4n) is 4.45. The van der Waals surface area contributed by atoms with Gasteiger partial charge in [-0.05, 0) is 43.2 Å². The van der Waals surface area contributed by atoms with E-state index in [0.717, 1.165) is 16.7 Å². The van der Waals surface area contributed by atoms with Crippen molar-refractivity contribution in [3.63, 3.8) is 0 Å². The summed E-state index contributed by atoms with van der Waals surface area (Å²) in [5, 5.41) is 0. The van der Waals surface area contributed by atoms with Crippen molar-refractivity contribution in [2.24, 2.45) is 0 Å². The number of carbonyl (C=O) groups excluding carboxylic acids is 1. The molecule has 3 heterocycles. The summed E-state index contributed by atoms with van der Waals surface area (Å²) >= 11 is 0. The first-order chi connectivity index (χ1) is 14.8. The summed E-state index contributed by atoms with van der Waals surface area (Å²) in [6.07, 6.45) is 2.32. The van der Waals surface area contributed by atoms with E-state index in [1.165, 1.54) is 0 Å². The molecule has 0 spiro atoms. The molecule has 0 saturated carbocycles. The molecular formula is C23H23NO6S. The first-order valence-electron chi connectivity index (χ1n) is 10.2. The highest BCUT2D eigenvalue weighted by Crippen LogP contribution is 2.43. The van der Waals surface area contributed by atoms with Crippen molar-refractivity contribution < 1.29 is 27.4 Å². The Hall–Kier alpha value is -2.84. The van der Waals surface area contributed by atoms with Crippen LogP contribution in [0.5, 0.6) is 17.2 Å². The van der Waals surface area contributed by atoms with Gasteiger partial charge < -0.3 is 14.2 Å². The highest BCUT2D eigenvalue weighted by atomic mass is 32.2. The molecule has 7 nitrogen and oxygen atoms in total. The Labute approximate surface area is 181 Å². The van der Waals surface area contributed by atoms with Gasteiger partial charge >= 0.3 is 0 Å². The topological polar surface area (TPSA) is 82.1 Å². The smallest absolute Gasteiger partial charge is 0.231 e. The molecule has 0 radical (unpaired) electrons. The van der Waals surface area contributed by atoms with E-state index in [1.54, 1.807) is 13.2 Å². The zero-order chi connectivity index (χ0) is 21.8. The quantitative estimate of drug-likeness (QED) is 0.678. The molecule has 8 heteroatoms. The number of rotatable bonds is 3. The highest BCUT2D eigenvalue weighted by molar-refractivity contribution is 7.91. The Balaban J connectivity index is 1.44. The first-order valence-corrected chi connectivity index (χ1v) is 12.0. The van der Waals surface area contributed by atoms with Gasteiger partial charge in [0.1, 0.15) is 24.0 Å². The van der Waals surface area contributed by atoms with Gasteiger partial charge in [-0.3, -0.25) is 9.69 Å². The lowest BCUT2D eigenvalue weighted by Crippen LogP contribution is -2.41. The Bertz CT molecular complexity index is 1220. The Kier molecular flexibility index (Phi) is 4.79. The molecule has 3 aliphatic heterocycles. The van der Waals surface area contributed by atoms with Crippen LogP contribution in [0.1, 0.15) is 33.5 Å². The summed E-state index contributed by atoms with van der Waals surface area (Å²) in [4.78, 5) is 15.1. The third-order valence-corrected chi connectivity index (χ3v) is 7.83. The zero-order valence-electron chi connectivity index (χ0n) is 17.4. The van der Waals surface area contributed by atoms with Gasteiger partial charge in [-0.1, -0.05) is 12.1 Å². The summed E-state index contributed by atoms with van der Waals surface area (Å²) in [5.41, 5.74) is 2.98. The molecule has 0 amide bonds. The lowest BCUT2D eigenvalue weighted by Gasteiger charge is -2.33. The van der Waals surface area contributed by atoms with Gasteiger partial charge in [0, 0.05) is 23.7 Å². The average Bonchev–Trinajstić information content (AvgIpc) is 3.28. The number of carbonyl (C=O) groups is 1. The van der Waals surface area contributed by atoms with Crippen LogP contribution in [-0.2, 0) is 16.4 Å². The number of ether oxygens (including phenoxy) is 3. The van der Waals surface area contributed by atoms with Gasteiger partial charge in [-0.2, -0.15) is 0 Å². The van der Waals surface area contributed by atoms with Crippen LogP contribution in [0.15, 0.2) is 36.1 Å². The largest absolute Gasteiger partial charge is 0.497 e. The maximum Gasteiger partial charge on any atom is 0.231 e. The lowest BCUT2D eigenvalue weighted by molar-refractivity contribution is 0.0637. The molecule has 2 aromatic carbocycles. The van der Waals surface area contributed by atoms with Gasteiger partial charge in [0.25, 0.3) is 0 Å². The molecule has 1 saturated heterocycles. The van der Waals surface area contributed by atoms with Crippen molar-refractivity contribution in [3.05, 3.63) is 58.3 Å². The van der Waals surface area contributed by atoms with Crippen LogP contribution in [0, 0.1) is 6.92 Å². The maximum atomic E-state index is 13.1. The van der Waals surface area contributed by atoms with Crippen LogP contribution in [0.25, 0.3) is 6.08 Å². The number of sulfone groups is 1. The fourth-order valence-corrected chi connectivity index (χ4v) is 6.21. The van der Waals surface area contributed by atoms with Crippen LogP contribution in [0.2, 0.25) is 0 Å². The third-order valence-electron chi connectivity index (χ3n) is 6.08. The molecule has 31 heavy (non-hydrogen) atoms. The van der Waals surface area contributed by atoms with Gasteiger partial charge in [0.2, 0.25) is 5.78 Å². The van der Waals surface area contributed by atoms with E-state index in [-0.39, 0.29) is 29.1 Å². The predicted octanol–water partition coefficient (Wildman–Crippen LogP) is 2.96. The molecule has 2 aromatic rings. The molecule has 1 atom stereocenters. The maximum absolute atomic E-state index is 13.1. The van der Waals surface area contributed by atoms with Crippen molar-refractivity contribution in [2.45, 2.75) is 25.9 Å². The van der Waals surface area contributed by atoms with E-state index < -0.39 is 9.84 Å². The molecule has 0 aliphatic carbocycles. The Morgan fingerprint density at radius 1 is 1.23 bits per heavy atom. The van der Waals surface area contributed by atoms with Crippen molar-refractivity contribution >= 4 is 21.7 Å². The Morgan fingerprint density at radius 2 is 2.06 bits per heavy atom. The standard InChI is InChI=1S/C23H23NO6S/c1-14-22-16(11-24(13-29-22)17-6-7-31(26,27)12-17)10-19-21(25)20(30-23(14)19)9-15-4-3-5-18(8-15)28-2/h3-5,8-10,17H,6-7,11-13H2,1-2H3/b20-9-. The van der Waals surface area contributed by atoms with Crippen LogP contribution in [0.3, 0.4) is 0 Å². The van der Waals surface area contributed by atoms with Crippen LogP contribution in [0.4, 0.5) is 0 Å². The van der Waals surface area contributed by atoms with E-state index in [4.69, 9.17) is 14.2 Å². The molecule has 5 rings (SSSR count). The molecule has 162 valence electrons. The third kappa shape index (κ3) is 3.59. The second-order valence-corrected chi connectivity index (χ2v) is 10.4. The number of ketones is 1. The average molecular weight is 442 g/mol. The normalized spacial score (nSPS) is 23.2. The number of hydrogen-bond acceptors (Lipinski definition) is 7. The minimum atomic E-state index is -2.98. The number of hydrogen-bond donors (Lipinski definition) is 0. The van der Waals surface area contributed by atoms with E-state index in [1.807, 2.05) is 42.2 Å². The van der Waals surface area contributed by atoms with Gasteiger partial charge in [0.15, 0.2) is 15.6 Å². The summed E-state index contributed by atoms with van der Waals surface area (Å²) in [7, 11) is -1.38. The first kappa shape index (κ1) is 20.1. The minimum absolute atomic E-state index is 0.0535. The van der Waals surface area contributed by atoms with Crippen molar-refractivity contribution in [1.82, 2.24) is 4.90 Å². The number of nitrogens with zero attached hydrogens (tertiary/aromatic N) is 1. The molecule has 0 bridgehead atoms. The number of fused-ring (bicyclic) bond motifs is 2. The number of Topliss-reactive ketones (excluding diaryl/α,β-unsaturated/α-hetero) is 1. The summed E-state index contributed by atoms with van der Waals surface area (Å²) in [6.45, 7) is 2.76. The molecular weight excluding hydrogens is 418 g/mol. The lowest BCUT2D eigenvalue weighted by atomic mass is 9.99. The Morgan fingerprint density at radius 3 is 2.81 bits per heavy atom. The van der Waals surface area contributed by atoms with Crippen molar-refractivity contribution in [3.8, 4) is 17.2 Å². The van der Waals surface area contributed by atoms with Crippen molar-refractivity contribution in [2.75, 3.05) is 25.3 Å². The van der Waals surface area contributed by atoms with Gasteiger partial charge in [-0.15, -0.1) is 0 Å². The summed E-state index contributed by atoms with van der Waals surface area (Å²) in [6, 6.07) is 9.17. The number of methoxy groups -OCH3 is 1. The van der Waals surface area contributed by atoms with Gasteiger partial charge in [-0.25, -0.2) is 8.42 Å². The minimum Gasteiger partial charge on any atom is -0.497 e. The monoisotopic (exact) mass is 441 g/mol. The van der Waals surface area contributed by atoms with Crippen LogP contribution in [-0.4, -0.2) is 50.5 Å².